The van der Waals surface area contributed by atoms with Crippen LogP contribution in [0.1, 0.15) is 15.9 Å². The second-order valence-electron chi connectivity index (χ2n) is 7.67. The van der Waals surface area contributed by atoms with Gasteiger partial charge in [-0.05, 0) is 24.3 Å². The van der Waals surface area contributed by atoms with E-state index in [0.717, 1.165) is 22.2 Å². The van der Waals surface area contributed by atoms with E-state index < -0.39 is 12.1 Å². The molecular weight excluding hydrogens is 410 g/mol. The number of furan rings is 1. The molecule has 162 valence electrons. The number of carbonyl (C=O) groups is 1. The lowest BCUT2D eigenvalue weighted by molar-refractivity contribution is 0.0888. The van der Waals surface area contributed by atoms with Gasteiger partial charge < -0.3 is 24.8 Å². The van der Waals surface area contributed by atoms with Crippen molar-refractivity contribution >= 4 is 22.8 Å². The molecule has 0 unspecified atom stereocenters. The van der Waals surface area contributed by atoms with E-state index in [4.69, 9.17) is 9.52 Å². The van der Waals surface area contributed by atoms with Crippen molar-refractivity contribution in [3.05, 3.63) is 72.4 Å². The maximum absolute atomic E-state index is 12.8. The number of carbonyl (C=O) groups excluding carboxylic acids is 1. The molecule has 4 heterocycles. The Kier molecular flexibility index (Phi) is 5.26. The Bertz CT molecular complexity index is 1240. The van der Waals surface area contributed by atoms with Crippen LogP contribution in [0.3, 0.4) is 0 Å². The largest absolute Gasteiger partial charge is 0.464 e. The molecular formula is C23H21N5O4. The molecule has 32 heavy (non-hydrogen) atoms. The Morgan fingerprint density at radius 3 is 2.62 bits per heavy atom. The van der Waals surface area contributed by atoms with Crippen molar-refractivity contribution in [3.63, 3.8) is 0 Å². The van der Waals surface area contributed by atoms with Crippen LogP contribution in [0.25, 0.3) is 22.2 Å². The molecule has 5 rings (SSSR count). The Morgan fingerprint density at radius 2 is 1.88 bits per heavy atom. The van der Waals surface area contributed by atoms with E-state index in [1.54, 1.807) is 41.9 Å². The van der Waals surface area contributed by atoms with Crippen LogP contribution >= 0.6 is 0 Å². The molecule has 0 aliphatic carbocycles. The summed E-state index contributed by atoms with van der Waals surface area (Å²) in [5.74, 6) is 0.178. The predicted octanol–water partition coefficient (Wildman–Crippen LogP) is 1.76. The number of β-amino-alcohol motifs (C(OH)–C–C–N with tert-alkyl or cyclic N) is 1. The summed E-state index contributed by atoms with van der Waals surface area (Å²) in [6.07, 6.45) is 5.65. The number of benzene rings is 1. The molecule has 2 atom stereocenters. The van der Waals surface area contributed by atoms with E-state index in [9.17, 15) is 9.90 Å². The monoisotopic (exact) mass is 431 g/mol. The molecule has 0 bridgehead atoms. The third-order valence-corrected chi connectivity index (χ3v) is 5.56. The normalized spacial score (nSPS) is 18.2. The van der Waals surface area contributed by atoms with Crippen LogP contribution in [-0.4, -0.2) is 56.3 Å². The Balaban J connectivity index is 1.27. The lowest BCUT2D eigenvalue weighted by Gasteiger charge is -2.17. The molecule has 1 aromatic carbocycles. The summed E-state index contributed by atoms with van der Waals surface area (Å²) in [7, 11) is 0. The lowest BCUT2D eigenvalue weighted by atomic mass is 10.1. The molecule has 4 aromatic rings. The van der Waals surface area contributed by atoms with Gasteiger partial charge in [0.25, 0.3) is 5.91 Å². The highest BCUT2D eigenvalue weighted by atomic mass is 16.3. The first-order chi connectivity index (χ1) is 15.6. The van der Waals surface area contributed by atoms with Gasteiger partial charge in [-0.25, -0.2) is 9.97 Å². The van der Waals surface area contributed by atoms with Crippen molar-refractivity contribution in [1.29, 1.82) is 0 Å². The average Bonchev–Trinajstić information content (AvgIpc) is 3.46. The van der Waals surface area contributed by atoms with Crippen LogP contribution in [0.2, 0.25) is 0 Å². The number of fused-ring (bicyclic) bond motifs is 1. The van der Waals surface area contributed by atoms with E-state index in [1.165, 1.54) is 0 Å². The van der Waals surface area contributed by atoms with Crippen LogP contribution < -0.4 is 10.2 Å². The van der Waals surface area contributed by atoms with Crippen molar-refractivity contribution < 1.29 is 19.4 Å². The maximum atomic E-state index is 12.8. The van der Waals surface area contributed by atoms with Crippen molar-refractivity contribution in [2.75, 3.05) is 18.0 Å². The molecule has 1 fully saturated rings. The van der Waals surface area contributed by atoms with E-state index in [0.29, 0.717) is 30.2 Å². The van der Waals surface area contributed by atoms with Crippen LogP contribution in [0, 0.1) is 0 Å². The average molecular weight is 431 g/mol. The zero-order chi connectivity index (χ0) is 22.1. The minimum atomic E-state index is -0.748. The summed E-state index contributed by atoms with van der Waals surface area (Å²) in [6.45, 7) is 0.562. The van der Waals surface area contributed by atoms with Crippen molar-refractivity contribution in [2.24, 2.45) is 0 Å². The second kappa shape index (κ2) is 8.37. The summed E-state index contributed by atoms with van der Waals surface area (Å²) < 4.78 is 5.43. The smallest absolute Gasteiger partial charge is 0.251 e. The summed E-state index contributed by atoms with van der Waals surface area (Å²) in [5, 5.41) is 23.3. The number of rotatable bonds is 5. The fourth-order valence-electron chi connectivity index (χ4n) is 3.84. The van der Waals surface area contributed by atoms with Gasteiger partial charge in [0.15, 0.2) is 0 Å². The van der Waals surface area contributed by atoms with Gasteiger partial charge in [0.2, 0.25) is 5.95 Å². The van der Waals surface area contributed by atoms with Gasteiger partial charge in [0, 0.05) is 53.8 Å². The molecule has 0 saturated carbocycles. The Hall–Kier alpha value is -3.82. The summed E-state index contributed by atoms with van der Waals surface area (Å²) >= 11 is 0. The number of nitrogens with one attached hydrogen (secondary N) is 1. The van der Waals surface area contributed by atoms with Gasteiger partial charge in [-0.3, -0.25) is 9.78 Å². The number of nitrogens with zero attached hydrogens (tertiary/aromatic N) is 4. The van der Waals surface area contributed by atoms with Crippen LogP contribution in [-0.2, 0) is 6.61 Å². The van der Waals surface area contributed by atoms with Crippen molar-refractivity contribution in [2.45, 2.75) is 18.8 Å². The number of hydrogen-bond acceptors (Lipinski definition) is 8. The number of aromatic nitrogens is 3. The van der Waals surface area contributed by atoms with Crippen LogP contribution in [0.4, 0.5) is 5.95 Å². The third kappa shape index (κ3) is 3.79. The molecule has 1 aliphatic heterocycles. The van der Waals surface area contributed by atoms with Gasteiger partial charge in [-0.2, -0.15) is 0 Å². The summed E-state index contributed by atoms with van der Waals surface area (Å²) in [6, 6.07) is 10.4. The third-order valence-electron chi connectivity index (χ3n) is 5.56. The molecule has 9 heteroatoms. The number of hydrogen-bond donors (Lipinski definition) is 3. The molecule has 1 saturated heterocycles. The number of aliphatic hydroxyl groups excluding tert-OH is 2. The second-order valence-corrected chi connectivity index (χ2v) is 7.67. The Labute approximate surface area is 183 Å². The van der Waals surface area contributed by atoms with Gasteiger partial charge in [-0.1, -0.05) is 12.1 Å². The minimum Gasteiger partial charge on any atom is -0.464 e. The van der Waals surface area contributed by atoms with Gasteiger partial charge in [0.05, 0.1) is 30.7 Å². The number of aliphatic hydroxyl groups is 2. The number of pyridine rings is 1. The van der Waals surface area contributed by atoms with Gasteiger partial charge in [-0.15, -0.1) is 0 Å². The number of anilines is 1. The van der Waals surface area contributed by atoms with Crippen molar-refractivity contribution in [1.82, 2.24) is 20.3 Å². The fraction of sp³-hybridized carbons (Fsp3) is 0.217. The summed E-state index contributed by atoms with van der Waals surface area (Å²) in [4.78, 5) is 27.4. The predicted molar refractivity (Wildman–Crippen MR) is 117 cm³/mol. The zero-order valence-corrected chi connectivity index (χ0v) is 17.0. The first-order valence-electron chi connectivity index (χ1n) is 10.2. The SMILES string of the molecule is O=C(N[C@@H]1CN(c2ncc(CO)cn2)C[C@H]1O)c1ccc(-c2nccc3occc23)cc1. The highest BCUT2D eigenvalue weighted by Gasteiger charge is 2.34. The summed E-state index contributed by atoms with van der Waals surface area (Å²) in [5.41, 5.74) is 3.52. The van der Waals surface area contributed by atoms with E-state index >= 15 is 0 Å². The molecule has 9 nitrogen and oxygen atoms in total. The molecule has 3 aromatic heterocycles. The highest BCUT2D eigenvalue weighted by Crippen LogP contribution is 2.27. The fourth-order valence-corrected chi connectivity index (χ4v) is 3.84. The quantitative estimate of drug-likeness (QED) is 0.437. The first-order valence-corrected chi connectivity index (χ1v) is 10.2. The van der Waals surface area contributed by atoms with E-state index in [2.05, 4.69) is 20.3 Å². The first kappa shape index (κ1) is 20.1. The zero-order valence-electron chi connectivity index (χ0n) is 17.0. The highest BCUT2D eigenvalue weighted by molar-refractivity contribution is 5.96. The van der Waals surface area contributed by atoms with Gasteiger partial charge >= 0.3 is 0 Å². The maximum Gasteiger partial charge on any atom is 0.251 e. The van der Waals surface area contributed by atoms with Crippen LogP contribution in [0.5, 0.6) is 0 Å². The molecule has 3 N–H and O–H groups in total. The molecule has 1 aliphatic rings. The van der Waals surface area contributed by atoms with Crippen molar-refractivity contribution in [3.8, 4) is 11.3 Å². The molecule has 0 radical (unpaired) electrons. The number of amides is 1. The van der Waals surface area contributed by atoms with E-state index in [-0.39, 0.29) is 12.5 Å². The van der Waals surface area contributed by atoms with Gasteiger partial charge in [0.1, 0.15) is 5.58 Å². The van der Waals surface area contributed by atoms with E-state index in [1.807, 2.05) is 24.3 Å². The molecule has 1 amide bonds. The lowest BCUT2D eigenvalue weighted by Crippen LogP contribution is -2.42. The molecule has 0 spiro atoms. The standard InChI is InChI=1S/C23H21N5O4/c29-13-14-9-25-23(26-10-14)28-11-18(19(30)12-28)27-22(31)16-3-1-15(2-4-16)21-17-6-8-32-20(17)5-7-24-21/h1-10,18-19,29-30H,11-13H2,(H,27,31)/t18-,19-/m1/s1. The van der Waals surface area contributed by atoms with Crippen LogP contribution in [0.15, 0.2) is 65.7 Å². The Morgan fingerprint density at radius 1 is 1.09 bits per heavy atom. The minimum absolute atomic E-state index is 0.131. The topological polar surface area (TPSA) is 125 Å².